The molecule has 0 saturated heterocycles. The molecule has 1 aromatic heterocycles. The highest BCUT2D eigenvalue weighted by molar-refractivity contribution is 7.89. The van der Waals surface area contributed by atoms with Gasteiger partial charge in [0.2, 0.25) is 10.0 Å². The Bertz CT molecular complexity index is 651. The zero-order valence-electron chi connectivity index (χ0n) is 11.6. The van der Waals surface area contributed by atoms with Crippen LogP contribution in [0.15, 0.2) is 46.0 Å². The molecule has 21 heavy (non-hydrogen) atoms. The molecule has 1 N–H and O–H groups in total. The summed E-state index contributed by atoms with van der Waals surface area (Å²) in [7, 11) is -1.96. The van der Waals surface area contributed by atoms with Gasteiger partial charge in [-0.05, 0) is 46.7 Å². The van der Waals surface area contributed by atoms with Gasteiger partial charge in [0.05, 0.1) is 11.5 Å². The number of aliphatic hydroxyl groups excluding tert-OH is 1. The predicted molar refractivity (Wildman–Crippen MR) is 82.0 cm³/mol. The molecule has 0 fully saturated rings. The van der Waals surface area contributed by atoms with E-state index >= 15 is 0 Å². The van der Waals surface area contributed by atoms with Crippen molar-refractivity contribution in [1.29, 1.82) is 0 Å². The van der Waals surface area contributed by atoms with Gasteiger partial charge in [-0.15, -0.1) is 0 Å². The van der Waals surface area contributed by atoms with Gasteiger partial charge < -0.3 is 9.84 Å². The Balaban J connectivity index is 2.11. The van der Waals surface area contributed by atoms with Gasteiger partial charge in [-0.2, -0.15) is 15.6 Å². The normalized spacial score (nSPS) is 11.8. The number of nitrogens with zero attached hydrogens (tertiary/aromatic N) is 1. The standard InChI is InChI=1S/C14H17NO4S2/c1-15(10-12-6-9-20-11-12)21(17,18)14-4-2-13(3-5-14)19-8-7-16/h2-6,9,11,16H,7-8,10H2,1H3. The van der Waals surface area contributed by atoms with Gasteiger partial charge in [-0.3, -0.25) is 0 Å². The highest BCUT2D eigenvalue weighted by Crippen LogP contribution is 2.20. The van der Waals surface area contributed by atoms with E-state index in [0.717, 1.165) is 5.56 Å². The minimum Gasteiger partial charge on any atom is -0.491 e. The molecule has 0 amide bonds. The molecule has 1 aromatic carbocycles. The highest BCUT2D eigenvalue weighted by atomic mass is 32.2. The van der Waals surface area contributed by atoms with Crippen LogP contribution in [0.2, 0.25) is 0 Å². The zero-order valence-corrected chi connectivity index (χ0v) is 13.2. The quantitative estimate of drug-likeness (QED) is 0.844. The van der Waals surface area contributed by atoms with Crippen LogP contribution in [0.3, 0.4) is 0 Å². The zero-order chi connectivity index (χ0) is 15.3. The number of aliphatic hydroxyl groups is 1. The molecule has 2 rings (SSSR count). The van der Waals surface area contributed by atoms with Crippen LogP contribution in [0.1, 0.15) is 5.56 Å². The van der Waals surface area contributed by atoms with Crippen LogP contribution < -0.4 is 4.74 Å². The number of sulfonamides is 1. The summed E-state index contributed by atoms with van der Waals surface area (Å²) in [6, 6.07) is 8.09. The highest BCUT2D eigenvalue weighted by Gasteiger charge is 2.20. The number of hydrogen-bond acceptors (Lipinski definition) is 5. The molecule has 0 saturated carbocycles. The van der Waals surface area contributed by atoms with Crippen LogP contribution in [0, 0.1) is 0 Å². The maximum atomic E-state index is 12.4. The number of ether oxygens (including phenoxy) is 1. The molecule has 0 bridgehead atoms. The fraction of sp³-hybridized carbons (Fsp3) is 0.286. The summed E-state index contributed by atoms with van der Waals surface area (Å²) < 4.78 is 31.4. The number of rotatable bonds is 7. The van der Waals surface area contributed by atoms with Crippen molar-refractivity contribution in [1.82, 2.24) is 4.31 Å². The van der Waals surface area contributed by atoms with Gasteiger partial charge in [0.1, 0.15) is 12.4 Å². The van der Waals surface area contributed by atoms with E-state index in [2.05, 4.69) is 0 Å². The summed E-state index contributed by atoms with van der Waals surface area (Å²) in [5.74, 6) is 0.531. The third-order valence-electron chi connectivity index (χ3n) is 2.88. The molecule has 114 valence electrons. The Morgan fingerprint density at radius 1 is 1.24 bits per heavy atom. The van der Waals surface area contributed by atoms with Crippen molar-refractivity contribution in [2.24, 2.45) is 0 Å². The average molecular weight is 327 g/mol. The molecule has 2 aromatic rings. The number of benzene rings is 1. The average Bonchev–Trinajstić information content (AvgIpc) is 2.98. The van der Waals surface area contributed by atoms with Gasteiger partial charge in [-0.25, -0.2) is 8.42 Å². The first kappa shape index (κ1) is 16.0. The summed E-state index contributed by atoms with van der Waals surface area (Å²) in [5, 5.41) is 12.5. The van der Waals surface area contributed by atoms with E-state index in [4.69, 9.17) is 9.84 Å². The van der Waals surface area contributed by atoms with Crippen LogP contribution in [0.4, 0.5) is 0 Å². The van der Waals surface area contributed by atoms with E-state index in [-0.39, 0.29) is 18.1 Å². The van der Waals surface area contributed by atoms with E-state index in [1.165, 1.54) is 27.8 Å². The maximum Gasteiger partial charge on any atom is 0.243 e. The number of thiophene rings is 1. The molecule has 0 atom stereocenters. The van der Waals surface area contributed by atoms with Crippen LogP contribution in [-0.4, -0.2) is 38.1 Å². The van der Waals surface area contributed by atoms with E-state index in [1.54, 1.807) is 19.2 Å². The summed E-state index contributed by atoms with van der Waals surface area (Å²) >= 11 is 1.54. The Labute approximate surface area is 128 Å². The number of hydrogen-bond donors (Lipinski definition) is 1. The topological polar surface area (TPSA) is 66.8 Å². The molecule has 0 aliphatic carbocycles. The van der Waals surface area contributed by atoms with Gasteiger partial charge in [0, 0.05) is 13.6 Å². The van der Waals surface area contributed by atoms with Crippen LogP contribution >= 0.6 is 11.3 Å². The first-order chi connectivity index (χ1) is 10.0. The molecular weight excluding hydrogens is 310 g/mol. The van der Waals surface area contributed by atoms with Crippen molar-refractivity contribution < 1.29 is 18.3 Å². The maximum absolute atomic E-state index is 12.4. The van der Waals surface area contributed by atoms with Gasteiger partial charge in [0.25, 0.3) is 0 Å². The lowest BCUT2D eigenvalue weighted by Crippen LogP contribution is -2.26. The molecule has 0 radical (unpaired) electrons. The second-order valence-electron chi connectivity index (χ2n) is 4.44. The lowest BCUT2D eigenvalue weighted by molar-refractivity contribution is 0.201. The Morgan fingerprint density at radius 2 is 1.95 bits per heavy atom. The summed E-state index contributed by atoms with van der Waals surface area (Å²) in [6.07, 6.45) is 0. The lowest BCUT2D eigenvalue weighted by atomic mass is 10.3. The molecule has 1 heterocycles. The lowest BCUT2D eigenvalue weighted by Gasteiger charge is -2.16. The molecule has 0 aliphatic rings. The van der Waals surface area contributed by atoms with Crippen molar-refractivity contribution in [2.75, 3.05) is 20.3 Å². The third kappa shape index (κ3) is 4.04. The van der Waals surface area contributed by atoms with Crippen LogP contribution in [-0.2, 0) is 16.6 Å². The smallest absolute Gasteiger partial charge is 0.243 e. The fourth-order valence-electron chi connectivity index (χ4n) is 1.78. The molecule has 5 nitrogen and oxygen atoms in total. The van der Waals surface area contributed by atoms with E-state index in [0.29, 0.717) is 12.3 Å². The summed E-state index contributed by atoms with van der Waals surface area (Å²) in [5.41, 5.74) is 0.967. The Morgan fingerprint density at radius 3 is 2.52 bits per heavy atom. The van der Waals surface area contributed by atoms with Crippen molar-refractivity contribution in [3.8, 4) is 5.75 Å². The Kier molecular flexibility index (Phi) is 5.35. The van der Waals surface area contributed by atoms with Gasteiger partial charge >= 0.3 is 0 Å². The largest absolute Gasteiger partial charge is 0.491 e. The third-order valence-corrected chi connectivity index (χ3v) is 5.43. The molecule has 0 unspecified atom stereocenters. The van der Waals surface area contributed by atoms with E-state index in [9.17, 15) is 8.42 Å². The molecule has 0 spiro atoms. The van der Waals surface area contributed by atoms with Crippen molar-refractivity contribution >= 4 is 21.4 Å². The van der Waals surface area contributed by atoms with Crippen molar-refractivity contribution in [2.45, 2.75) is 11.4 Å². The SMILES string of the molecule is CN(Cc1ccsc1)S(=O)(=O)c1ccc(OCCO)cc1. The second kappa shape index (κ2) is 7.04. The van der Waals surface area contributed by atoms with Crippen LogP contribution in [0.5, 0.6) is 5.75 Å². The predicted octanol–water partition coefficient (Wildman–Crippen LogP) is 1.94. The first-order valence-electron chi connectivity index (χ1n) is 6.35. The summed E-state index contributed by atoms with van der Waals surface area (Å²) in [4.78, 5) is 0.219. The fourth-order valence-corrected chi connectivity index (χ4v) is 3.59. The molecule has 0 aliphatic heterocycles. The van der Waals surface area contributed by atoms with Crippen molar-refractivity contribution in [3.05, 3.63) is 46.7 Å². The first-order valence-corrected chi connectivity index (χ1v) is 8.73. The molecule has 7 heteroatoms. The van der Waals surface area contributed by atoms with Crippen LogP contribution in [0.25, 0.3) is 0 Å². The monoisotopic (exact) mass is 327 g/mol. The van der Waals surface area contributed by atoms with Crippen molar-refractivity contribution in [3.63, 3.8) is 0 Å². The molecular formula is C14H17NO4S2. The van der Waals surface area contributed by atoms with E-state index in [1.807, 2.05) is 16.8 Å². The van der Waals surface area contributed by atoms with Gasteiger partial charge in [-0.1, -0.05) is 0 Å². The van der Waals surface area contributed by atoms with E-state index < -0.39 is 10.0 Å². The minimum atomic E-state index is -3.52. The minimum absolute atomic E-state index is 0.0799. The Hall–Kier alpha value is -1.41. The summed E-state index contributed by atoms with van der Waals surface area (Å²) in [6.45, 7) is 0.447. The van der Waals surface area contributed by atoms with Gasteiger partial charge in [0.15, 0.2) is 0 Å². The second-order valence-corrected chi connectivity index (χ2v) is 7.26.